The van der Waals surface area contributed by atoms with Gasteiger partial charge in [-0.3, -0.25) is 0 Å². The molecule has 1 atom stereocenters. The van der Waals surface area contributed by atoms with Gasteiger partial charge in [0.15, 0.2) is 5.65 Å². The number of thioether (sulfide) groups is 1. The molecule has 0 aliphatic heterocycles. The number of aryl methyl sites for hydroxylation is 1. The van der Waals surface area contributed by atoms with Gasteiger partial charge in [0.05, 0.1) is 5.60 Å². The minimum Gasteiger partial charge on any atom is -0.387 e. The minimum atomic E-state index is -0.758. The van der Waals surface area contributed by atoms with Gasteiger partial charge in [-0.25, -0.2) is 4.52 Å². The van der Waals surface area contributed by atoms with Crippen LogP contribution in [0.25, 0.3) is 5.65 Å². The Labute approximate surface area is 111 Å². The molecule has 18 heavy (non-hydrogen) atoms. The highest BCUT2D eigenvalue weighted by Crippen LogP contribution is 2.13. The van der Waals surface area contributed by atoms with Crippen LogP contribution in [-0.4, -0.2) is 43.9 Å². The summed E-state index contributed by atoms with van der Waals surface area (Å²) in [7, 11) is 0. The van der Waals surface area contributed by atoms with Crippen molar-refractivity contribution in [3.63, 3.8) is 0 Å². The van der Waals surface area contributed by atoms with E-state index in [-0.39, 0.29) is 0 Å². The molecular formula is C12H18N4OS. The highest BCUT2D eigenvalue weighted by atomic mass is 32.2. The summed E-state index contributed by atoms with van der Waals surface area (Å²) in [5.74, 6) is 1.22. The van der Waals surface area contributed by atoms with E-state index in [9.17, 15) is 5.11 Å². The summed E-state index contributed by atoms with van der Waals surface area (Å²) >= 11 is 1.62. The van der Waals surface area contributed by atoms with Crippen molar-refractivity contribution in [3.8, 4) is 0 Å². The average Bonchev–Trinajstić information content (AvgIpc) is 2.71. The third-order valence-corrected chi connectivity index (χ3v) is 3.55. The molecule has 2 aromatic rings. The molecule has 98 valence electrons. The molecule has 2 N–H and O–H groups in total. The van der Waals surface area contributed by atoms with Gasteiger partial charge in [-0.15, -0.1) is 5.10 Å². The molecular weight excluding hydrogens is 248 g/mol. The predicted octanol–water partition coefficient (Wildman–Crippen LogP) is 1.56. The number of fused-ring (bicyclic) bond motifs is 1. The van der Waals surface area contributed by atoms with Gasteiger partial charge < -0.3 is 10.4 Å². The van der Waals surface area contributed by atoms with E-state index in [0.717, 1.165) is 11.2 Å². The number of pyridine rings is 1. The van der Waals surface area contributed by atoms with Gasteiger partial charge in [0, 0.05) is 18.5 Å². The van der Waals surface area contributed by atoms with E-state index in [0.29, 0.717) is 18.2 Å². The Bertz CT molecular complexity index is 538. The molecule has 2 rings (SSSR count). The van der Waals surface area contributed by atoms with Crippen molar-refractivity contribution in [2.45, 2.75) is 19.4 Å². The van der Waals surface area contributed by atoms with Crippen LogP contribution in [0, 0.1) is 6.92 Å². The predicted molar refractivity (Wildman–Crippen MR) is 75.2 cm³/mol. The van der Waals surface area contributed by atoms with Crippen LogP contribution >= 0.6 is 11.8 Å². The highest BCUT2D eigenvalue weighted by Gasteiger charge is 2.20. The fraction of sp³-hybridized carbons (Fsp3) is 0.500. The molecule has 0 aliphatic rings. The molecule has 2 aromatic heterocycles. The molecule has 0 saturated carbocycles. The summed E-state index contributed by atoms with van der Waals surface area (Å²) < 4.78 is 1.74. The number of hydrogen-bond donors (Lipinski definition) is 2. The standard InChI is InChI=1S/C12H18N4OS/c1-9-5-4-6-16-10(9)14-11(15-16)13-7-12(2,17)8-18-3/h4-6,17H,7-8H2,1-3H3,(H,13,15). The Morgan fingerprint density at radius 2 is 2.33 bits per heavy atom. The van der Waals surface area contributed by atoms with Crippen LogP contribution in [0.3, 0.4) is 0 Å². The van der Waals surface area contributed by atoms with E-state index < -0.39 is 5.60 Å². The van der Waals surface area contributed by atoms with Crippen molar-refractivity contribution in [2.75, 3.05) is 23.9 Å². The number of aromatic nitrogens is 3. The smallest absolute Gasteiger partial charge is 0.243 e. The highest BCUT2D eigenvalue weighted by molar-refractivity contribution is 7.98. The number of nitrogens with one attached hydrogen (secondary N) is 1. The van der Waals surface area contributed by atoms with E-state index in [1.807, 2.05) is 31.5 Å². The molecule has 0 aromatic carbocycles. The largest absolute Gasteiger partial charge is 0.387 e. The first-order valence-electron chi connectivity index (χ1n) is 5.79. The zero-order valence-electron chi connectivity index (χ0n) is 10.8. The van der Waals surface area contributed by atoms with Gasteiger partial charge in [-0.05, 0) is 31.7 Å². The first-order chi connectivity index (χ1) is 8.52. The second-order valence-corrected chi connectivity index (χ2v) is 5.54. The molecule has 0 spiro atoms. The molecule has 0 bridgehead atoms. The van der Waals surface area contributed by atoms with E-state index in [2.05, 4.69) is 15.4 Å². The summed E-state index contributed by atoms with van der Waals surface area (Å²) in [4.78, 5) is 4.40. The molecule has 1 unspecified atom stereocenters. The maximum atomic E-state index is 10.1. The molecule has 6 heteroatoms. The molecule has 0 saturated heterocycles. The molecule has 2 heterocycles. The zero-order valence-corrected chi connectivity index (χ0v) is 11.7. The first kappa shape index (κ1) is 13.2. The fourth-order valence-corrected chi connectivity index (χ4v) is 2.47. The second-order valence-electron chi connectivity index (χ2n) is 4.68. The van der Waals surface area contributed by atoms with Crippen LogP contribution in [0.2, 0.25) is 0 Å². The minimum absolute atomic E-state index is 0.434. The summed E-state index contributed by atoms with van der Waals surface area (Å²) in [5, 5.41) is 17.5. The molecule has 5 nitrogen and oxygen atoms in total. The van der Waals surface area contributed by atoms with E-state index >= 15 is 0 Å². The van der Waals surface area contributed by atoms with E-state index in [1.165, 1.54) is 0 Å². The van der Waals surface area contributed by atoms with Crippen molar-refractivity contribution >= 4 is 23.4 Å². The number of anilines is 1. The SMILES string of the molecule is CSCC(C)(O)CNc1nc2c(C)cccn2n1. The Balaban J connectivity index is 2.11. The maximum absolute atomic E-state index is 10.1. The van der Waals surface area contributed by atoms with Gasteiger partial charge in [0.1, 0.15) is 0 Å². The average molecular weight is 266 g/mol. The van der Waals surface area contributed by atoms with Crippen LogP contribution in [0.5, 0.6) is 0 Å². The van der Waals surface area contributed by atoms with Gasteiger partial charge in [-0.1, -0.05) is 6.07 Å². The van der Waals surface area contributed by atoms with Gasteiger partial charge >= 0.3 is 0 Å². The topological polar surface area (TPSA) is 62.5 Å². The third kappa shape index (κ3) is 2.94. The van der Waals surface area contributed by atoms with Gasteiger partial charge in [0.2, 0.25) is 5.95 Å². The normalized spacial score (nSPS) is 14.7. The molecule has 0 aliphatic carbocycles. The van der Waals surface area contributed by atoms with Crippen molar-refractivity contribution in [3.05, 3.63) is 23.9 Å². The lowest BCUT2D eigenvalue weighted by Gasteiger charge is -2.21. The summed E-state index contributed by atoms with van der Waals surface area (Å²) in [5.41, 5.74) is 1.16. The summed E-state index contributed by atoms with van der Waals surface area (Å²) in [6.45, 7) is 4.24. The quantitative estimate of drug-likeness (QED) is 0.860. The molecule has 0 fully saturated rings. The van der Waals surface area contributed by atoms with Gasteiger partial charge in [0.25, 0.3) is 0 Å². The Kier molecular flexibility index (Phi) is 3.77. The molecule has 0 amide bonds. The Hall–Kier alpha value is -1.27. The number of rotatable bonds is 5. The number of hydrogen-bond acceptors (Lipinski definition) is 5. The first-order valence-corrected chi connectivity index (χ1v) is 7.18. The lowest BCUT2D eigenvalue weighted by atomic mass is 10.1. The Morgan fingerprint density at radius 1 is 1.56 bits per heavy atom. The van der Waals surface area contributed by atoms with Crippen LogP contribution in [0.4, 0.5) is 5.95 Å². The van der Waals surface area contributed by atoms with E-state index in [4.69, 9.17) is 0 Å². The van der Waals surface area contributed by atoms with Crippen LogP contribution in [0.1, 0.15) is 12.5 Å². The van der Waals surface area contributed by atoms with Crippen molar-refractivity contribution in [2.24, 2.45) is 0 Å². The number of nitrogens with zero attached hydrogens (tertiary/aromatic N) is 3. The zero-order chi connectivity index (χ0) is 13.2. The second kappa shape index (κ2) is 5.16. The van der Waals surface area contributed by atoms with Gasteiger partial charge in [-0.2, -0.15) is 16.7 Å². The van der Waals surface area contributed by atoms with Crippen molar-refractivity contribution in [1.29, 1.82) is 0 Å². The summed E-state index contributed by atoms with van der Waals surface area (Å²) in [6.07, 6.45) is 3.83. The maximum Gasteiger partial charge on any atom is 0.243 e. The Morgan fingerprint density at radius 3 is 3.00 bits per heavy atom. The van der Waals surface area contributed by atoms with Crippen molar-refractivity contribution < 1.29 is 5.11 Å². The summed E-state index contributed by atoms with van der Waals surface area (Å²) in [6, 6.07) is 3.93. The lowest BCUT2D eigenvalue weighted by Crippen LogP contribution is -2.36. The van der Waals surface area contributed by atoms with E-state index in [1.54, 1.807) is 23.2 Å². The van der Waals surface area contributed by atoms with Crippen LogP contribution < -0.4 is 5.32 Å². The number of aliphatic hydroxyl groups is 1. The fourth-order valence-electron chi connectivity index (χ4n) is 1.75. The van der Waals surface area contributed by atoms with Crippen LogP contribution in [-0.2, 0) is 0 Å². The lowest BCUT2D eigenvalue weighted by molar-refractivity contribution is 0.0995. The third-order valence-electron chi connectivity index (χ3n) is 2.64. The molecule has 0 radical (unpaired) electrons. The van der Waals surface area contributed by atoms with Crippen LogP contribution in [0.15, 0.2) is 18.3 Å². The monoisotopic (exact) mass is 266 g/mol. The van der Waals surface area contributed by atoms with Crippen molar-refractivity contribution in [1.82, 2.24) is 14.6 Å².